The highest BCUT2D eigenvalue weighted by molar-refractivity contribution is 14.0. The molecule has 0 unspecified atom stereocenters. The molecule has 0 aliphatic carbocycles. The van der Waals surface area contributed by atoms with Gasteiger partial charge in [0.15, 0.2) is 5.96 Å². The summed E-state index contributed by atoms with van der Waals surface area (Å²) in [5, 5.41) is 10.5. The van der Waals surface area contributed by atoms with Crippen molar-refractivity contribution >= 4 is 41.7 Å². The lowest BCUT2D eigenvalue weighted by molar-refractivity contribution is 0.626. The van der Waals surface area contributed by atoms with Crippen LogP contribution >= 0.6 is 35.7 Å². The van der Waals surface area contributed by atoms with Crippen LogP contribution in [0.15, 0.2) is 40.5 Å². The maximum Gasteiger partial charge on any atom is 0.191 e. The van der Waals surface area contributed by atoms with Crippen molar-refractivity contribution < 1.29 is 4.39 Å². The number of benzene rings is 1. The first-order chi connectivity index (χ1) is 11.7. The van der Waals surface area contributed by atoms with Crippen molar-refractivity contribution in [1.29, 1.82) is 0 Å². The molecule has 0 saturated heterocycles. The number of aliphatic imine (C=N–C) groups is 1. The van der Waals surface area contributed by atoms with Crippen LogP contribution in [0.25, 0.3) is 0 Å². The SMILES string of the molecule is CCNC(=NCc1ncnn1C)NCCCSc1ccc(F)cc1.I. The van der Waals surface area contributed by atoms with E-state index in [2.05, 4.69) is 25.7 Å². The number of aromatic nitrogens is 3. The number of nitrogens with one attached hydrogen (secondary N) is 2. The van der Waals surface area contributed by atoms with Crippen molar-refractivity contribution in [2.24, 2.45) is 12.0 Å². The van der Waals surface area contributed by atoms with E-state index in [-0.39, 0.29) is 29.8 Å². The fraction of sp³-hybridized carbons (Fsp3) is 0.438. The van der Waals surface area contributed by atoms with Crippen LogP contribution in [0, 0.1) is 5.82 Å². The number of rotatable bonds is 8. The van der Waals surface area contributed by atoms with Crippen molar-refractivity contribution in [2.75, 3.05) is 18.8 Å². The summed E-state index contributed by atoms with van der Waals surface area (Å²) in [6.07, 6.45) is 2.51. The molecule has 1 aromatic carbocycles. The number of nitrogens with zero attached hydrogens (tertiary/aromatic N) is 4. The molecule has 1 heterocycles. The van der Waals surface area contributed by atoms with E-state index >= 15 is 0 Å². The van der Waals surface area contributed by atoms with E-state index in [9.17, 15) is 4.39 Å². The molecule has 0 spiro atoms. The van der Waals surface area contributed by atoms with Crippen molar-refractivity contribution in [2.45, 2.75) is 24.8 Å². The van der Waals surface area contributed by atoms with Gasteiger partial charge in [0.05, 0.1) is 0 Å². The molecule has 25 heavy (non-hydrogen) atoms. The lowest BCUT2D eigenvalue weighted by Gasteiger charge is -2.11. The molecular weight excluding hydrogens is 454 g/mol. The molecule has 6 nitrogen and oxygen atoms in total. The van der Waals surface area contributed by atoms with E-state index in [0.717, 1.165) is 41.9 Å². The van der Waals surface area contributed by atoms with Gasteiger partial charge in [0, 0.05) is 25.0 Å². The van der Waals surface area contributed by atoms with Gasteiger partial charge in [-0.1, -0.05) is 0 Å². The zero-order valence-electron chi connectivity index (χ0n) is 14.4. The van der Waals surface area contributed by atoms with Crippen LogP contribution < -0.4 is 10.6 Å². The van der Waals surface area contributed by atoms with Crippen LogP contribution in [0.2, 0.25) is 0 Å². The van der Waals surface area contributed by atoms with Crippen LogP contribution in [0.3, 0.4) is 0 Å². The van der Waals surface area contributed by atoms with E-state index in [4.69, 9.17) is 0 Å². The monoisotopic (exact) mass is 478 g/mol. The molecule has 0 saturated carbocycles. The van der Waals surface area contributed by atoms with Gasteiger partial charge < -0.3 is 10.6 Å². The van der Waals surface area contributed by atoms with Crippen LogP contribution in [0.4, 0.5) is 4.39 Å². The predicted molar refractivity (Wildman–Crippen MR) is 111 cm³/mol. The number of thioether (sulfide) groups is 1. The molecule has 0 bridgehead atoms. The van der Waals surface area contributed by atoms with Crippen molar-refractivity contribution in [1.82, 2.24) is 25.4 Å². The first-order valence-electron chi connectivity index (χ1n) is 7.92. The van der Waals surface area contributed by atoms with Crippen LogP contribution in [0.1, 0.15) is 19.2 Å². The molecule has 9 heteroatoms. The summed E-state index contributed by atoms with van der Waals surface area (Å²) in [4.78, 5) is 9.74. The van der Waals surface area contributed by atoms with Gasteiger partial charge in [-0.05, 0) is 43.4 Å². The second kappa shape index (κ2) is 12.1. The number of halogens is 2. The van der Waals surface area contributed by atoms with Gasteiger partial charge >= 0.3 is 0 Å². The molecule has 138 valence electrons. The third kappa shape index (κ3) is 8.04. The van der Waals surface area contributed by atoms with Gasteiger partial charge in [-0.2, -0.15) is 5.10 Å². The summed E-state index contributed by atoms with van der Waals surface area (Å²) in [5.74, 6) is 2.35. The van der Waals surface area contributed by atoms with E-state index in [1.807, 2.05) is 14.0 Å². The Bertz CT molecular complexity index is 646. The topological polar surface area (TPSA) is 67.1 Å². The van der Waals surface area contributed by atoms with Crippen LogP contribution in [-0.2, 0) is 13.6 Å². The van der Waals surface area contributed by atoms with E-state index in [1.54, 1.807) is 28.6 Å². The van der Waals surface area contributed by atoms with E-state index < -0.39 is 0 Å². The molecule has 2 aromatic rings. The summed E-state index contributed by atoms with van der Waals surface area (Å²) < 4.78 is 14.6. The molecule has 0 amide bonds. The lowest BCUT2D eigenvalue weighted by Crippen LogP contribution is -2.38. The summed E-state index contributed by atoms with van der Waals surface area (Å²) in [6.45, 7) is 4.13. The second-order valence-electron chi connectivity index (χ2n) is 5.08. The Morgan fingerprint density at radius 2 is 2.04 bits per heavy atom. The number of aryl methyl sites for hydroxylation is 1. The second-order valence-corrected chi connectivity index (χ2v) is 6.25. The van der Waals surface area contributed by atoms with Gasteiger partial charge in [0.2, 0.25) is 0 Å². The Morgan fingerprint density at radius 1 is 1.28 bits per heavy atom. The molecular formula is C16H24FIN6S. The highest BCUT2D eigenvalue weighted by atomic mass is 127. The predicted octanol–water partition coefficient (Wildman–Crippen LogP) is 2.81. The Kier molecular flexibility index (Phi) is 10.5. The average molecular weight is 478 g/mol. The molecule has 1 aromatic heterocycles. The van der Waals surface area contributed by atoms with E-state index in [0.29, 0.717) is 6.54 Å². The van der Waals surface area contributed by atoms with Gasteiger partial charge in [0.1, 0.15) is 24.5 Å². The molecule has 2 rings (SSSR count). The first kappa shape index (κ1) is 21.7. The quantitative estimate of drug-likeness (QED) is 0.201. The third-order valence-corrected chi connectivity index (χ3v) is 4.32. The van der Waals surface area contributed by atoms with Gasteiger partial charge in [-0.15, -0.1) is 35.7 Å². The Hall–Kier alpha value is -1.36. The normalized spacial score (nSPS) is 11.1. The van der Waals surface area contributed by atoms with Gasteiger partial charge in [0.25, 0.3) is 0 Å². The molecule has 0 fully saturated rings. The zero-order valence-corrected chi connectivity index (χ0v) is 17.6. The van der Waals surface area contributed by atoms with Gasteiger partial charge in [-0.3, -0.25) is 4.68 Å². The average Bonchev–Trinajstić information content (AvgIpc) is 2.99. The summed E-state index contributed by atoms with van der Waals surface area (Å²) >= 11 is 1.72. The summed E-state index contributed by atoms with van der Waals surface area (Å²) in [5.41, 5.74) is 0. The maximum atomic E-state index is 12.8. The fourth-order valence-electron chi connectivity index (χ4n) is 1.95. The fourth-order valence-corrected chi connectivity index (χ4v) is 2.81. The van der Waals surface area contributed by atoms with Crippen molar-refractivity contribution in [3.8, 4) is 0 Å². The molecule has 0 radical (unpaired) electrons. The molecule has 0 aliphatic rings. The summed E-state index contributed by atoms with van der Waals surface area (Å²) in [6, 6.07) is 6.59. The number of guanidine groups is 1. The minimum absolute atomic E-state index is 0. The smallest absolute Gasteiger partial charge is 0.191 e. The minimum Gasteiger partial charge on any atom is -0.357 e. The Labute approximate surface area is 169 Å². The number of hydrogen-bond donors (Lipinski definition) is 2. The summed E-state index contributed by atoms with van der Waals surface area (Å²) in [7, 11) is 1.85. The van der Waals surface area contributed by atoms with E-state index in [1.165, 1.54) is 18.5 Å². The molecule has 0 atom stereocenters. The highest BCUT2D eigenvalue weighted by Gasteiger charge is 2.01. The van der Waals surface area contributed by atoms with Crippen molar-refractivity contribution in [3.63, 3.8) is 0 Å². The Morgan fingerprint density at radius 3 is 2.68 bits per heavy atom. The molecule has 0 aliphatic heterocycles. The third-order valence-electron chi connectivity index (χ3n) is 3.22. The molecule has 2 N–H and O–H groups in total. The van der Waals surface area contributed by atoms with Gasteiger partial charge in [-0.25, -0.2) is 14.4 Å². The zero-order chi connectivity index (χ0) is 17.2. The van der Waals surface area contributed by atoms with Crippen LogP contribution in [0.5, 0.6) is 0 Å². The highest BCUT2D eigenvalue weighted by Crippen LogP contribution is 2.18. The minimum atomic E-state index is -0.199. The standard InChI is InChI=1S/C16H23FN6S.HI/c1-3-18-16(20-11-15-21-12-22-23(15)2)19-9-4-10-24-14-7-5-13(17)6-8-14;/h5-8,12H,3-4,9-11H2,1-2H3,(H2,18,19,20);1H. The Balaban J connectivity index is 0.00000312. The first-order valence-corrected chi connectivity index (χ1v) is 8.91. The maximum absolute atomic E-state index is 12.8. The lowest BCUT2D eigenvalue weighted by atomic mass is 10.4. The number of hydrogen-bond acceptors (Lipinski definition) is 4. The van der Waals surface area contributed by atoms with Crippen molar-refractivity contribution in [3.05, 3.63) is 42.2 Å². The largest absolute Gasteiger partial charge is 0.357 e. The van der Waals surface area contributed by atoms with Crippen LogP contribution in [-0.4, -0.2) is 39.6 Å².